The fourth-order valence-corrected chi connectivity index (χ4v) is 1.93. The molecule has 1 saturated heterocycles. The maximum absolute atomic E-state index is 11.8. The normalized spacial score (nSPS) is 21.8. The molecule has 5 heteroatoms. The fourth-order valence-electron chi connectivity index (χ4n) is 1.72. The molecule has 2 rings (SSSR count). The summed E-state index contributed by atoms with van der Waals surface area (Å²) in [6, 6.07) is 6.77. The molecule has 0 saturated carbocycles. The van der Waals surface area contributed by atoms with Gasteiger partial charge in [0.15, 0.2) is 5.79 Å². The van der Waals surface area contributed by atoms with Crippen molar-refractivity contribution in [2.75, 3.05) is 13.2 Å². The highest BCUT2D eigenvalue weighted by atomic mass is 35.5. The first-order chi connectivity index (χ1) is 8.48. The molecule has 4 nitrogen and oxygen atoms in total. The number of halogens is 1. The van der Waals surface area contributed by atoms with Crippen LogP contribution in [-0.4, -0.2) is 31.1 Å². The zero-order valence-electron chi connectivity index (χ0n) is 10.3. The fraction of sp³-hybridized carbons (Fsp3) is 0.462. The molecule has 1 heterocycles. The van der Waals surface area contributed by atoms with Crippen LogP contribution in [0.4, 0.5) is 0 Å². The minimum atomic E-state index is -0.610. The van der Waals surface area contributed by atoms with E-state index in [-0.39, 0.29) is 12.7 Å². The van der Waals surface area contributed by atoms with Gasteiger partial charge in [0.1, 0.15) is 12.7 Å². The molecule has 1 aromatic carbocycles. The van der Waals surface area contributed by atoms with Crippen molar-refractivity contribution in [3.8, 4) is 0 Å². The molecule has 98 valence electrons. The number of benzene rings is 1. The van der Waals surface area contributed by atoms with E-state index in [1.807, 2.05) is 13.8 Å². The smallest absolute Gasteiger partial charge is 0.339 e. The van der Waals surface area contributed by atoms with E-state index in [0.717, 1.165) is 0 Å². The van der Waals surface area contributed by atoms with Crippen molar-refractivity contribution < 1.29 is 19.0 Å². The molecule has 1 atom stereocenters. The summed E-state index contributed by atoms with van der Waals surface area (Å²) in [4.78, 5) is 11.8. The lowest BCUT2D eigenvalue weighted by molar-refractivity contribution is -0.142. The summed E-state index contributed by atoms with van der Waals surface area (Å²) in [5, 5.41) is 0.381. The highest BCUT2D eigenvalue weighted by Gasteiger charge is 2.33. The van der Waals surface area contributed by atoms with Crippen LogP contribution in [0.3, 0.4) is 0 Å². The van der Waals surface area contributed by atoms with Crippen LogP contribution in [0.25, 0.3) is 0 Å². The van der Waals surface area contributed by atoms with E-state index in [4.69, 9.17) is 25.8 Å². The third-order valence-electron chi connectivity index (χ3n) is 2.56. The van der Waals surface area contributed by atoms with E-state index in [0.29, 0.717) is 17.2 Å². The molecule has 0 radical (unpaired) electrons. The Bertz CT molecular complexity index is 444. The van der Waals surface area contributed by atoms with Crippen molar-refractivity contribution in [1.29, 1.82) is 0 Å². The molecule has 1 fully saturated rings. The van der Waals surface area contributed by atoms with Crippen LogP contribution in [-0.2, 0) is 14.2 Å². The molecular weight excluding hydrogens is 256 g/mol. The Morgan fingerprint density at radius 1 is 1.50 bits per heavy atom. The van der Waals surface area contributed by atoms with Gasteiger partial charge in [-0.15, -0.1) is 0 Å². The summed E-state index contributed by atoms with van der Waals surface area (Å²) in [6.45, 7) is 4.22. The van der Waals surface area contributed by atoms with Crippen molar-refractivity contribution in [3.05, 3.63) is 34.9 Å². The zero-order chi connectivity index (χ0) is 13.2. The Hall–Kier alpha value is -1.10. The van der Waals surface area contributed by atoms with Crippen molar-refractivity contribution >= 4 is 17.6 Å². The third kappa shape index (κ3) is 3.22. The monoisotopic (exact) mass is 270 g/mol. The van der Waals surface area contributed by atoms with Crippen LogP contribution in [0.5, 0.6) is 0 Å². The summed E-state index contributed by atoms with van der Waals surface area (Å²) in [7, 11) is 0. The molecule has 18 heavy (non-hydrogen) atoms. The number of hydrogen-bond donors (Lipinski definition) is 0. The van der Waals surface area contributed by atoms with Crippen molar-refractivity contribution in [2.24, 2.45) is 0 Å². The second kappa shape index (κ2) is 5.26. The third-order valence-corrected chi connectivity index (χ3v) is 2.89. The molecular formula is C13H15ClO4. The lowest BCUT2D eigenvalue weighted by Gasteiger charge is -2.17. The van der Waals surface area contributed by atoms with E-state index in [1.165, 1.54) is 0 Å². The number of hydrogen-bond acceptors (Lipinski definition) is 4. The summed E-state index contributed by atoms with van der Waals surface area (Å²) in [6.07, 6.45) is -0.230. The largest absolute Gasteiger partial charge is 0.459 e. The molecule has 0 N–H and O–H groups in total. The Kier molecular flexibility index (Phi) is 3.90. The number of carbonyl (C=O) groups is 1. The van der Waals surface area contributed by atoms with E-state index < -0.39 is 11.8 Å². The predicted octanol–water partition coefficient (Wildman–Crippen LogP) is 2.65. The number of carbonyl (C=O) groups excluding carboxylic acids is 1. The van der Waals surface area contributed by atoms with Crippen molar-refractivity contribution in [2.45, 2.75) is 25.7 Å². The van der Waals surface area contributed by atoms with Gasteiger partial charge in [0.2, 0.25) is 0 Å². The summed E-state index contributed by atoms with van der Waals surface area (Å²) in [5.41, 5.74) is 0.359. The topological polar surface area (TPSA) is 44.8 Å². The molecule has 0 bridgehead atoms. The van der Waals surface area contributed by atoms with Gasteiger partial charge in [0, 0.05) is 0 Å². The van der Waals surface area contributed by atoms with Crippen molar-refractivity contribution in [1.82, 2.24) is 0 Å². The van der Waals surface area contributed by atoms with E-state index >= 15 is 0 Å². The Balaban J connectivity index is 1.88. The first kappa shape index (κ1) is 13.3. The molecule has 0 spiro atoms. The lowest BCUT2D eigenvalue weighted by Crippen LogP contribution is -2.25. The molecule has 0 aromatic heterocycles. The predicted molar refractivity (Wildman–Crippen MR) is 66.6 cm³/mol. The number of rotatable bonds is 3. The van der Waals surface area contributed by atoms with Gasteiger partial charge in [-0.1, -0.05) is 23.7 Å². The van der Waals surface area contributed by atoms with Gasteiger partial charge >= 0.3 is 5.97 Å². The molecule has 1 aliphatic heterocycles. The SMILES string of the molecule is CC1(C)OCC(COC(=O)c2ccccc2Cl)O1. The molecule has 1 aromatic rings. The van der Waals surface area contributed by atoms with Gasteiger partial charge in [0.05, 0.1) is 17.2 Å². The average Bonchev–Trinajstić information content (AvgIpc) is 2.66. The van der Waals surface area contributed by atoms with Crippen LogP contribution >= 0.6 is 11.6 Å². The van der Waals surface area contributed by atoms with Gasteiger partial charge < -0.3 is 14.2 Å². The molecule has 0 amide bonds. The van der Waals surface area contributed by atoms with Crippen LogP contribution in [0.15, 0.2) is 24.3 Å². The second-order valence-electron chi connectivity index (χ2n) is 4.53. The van der Waals surface area contributed by atoms with Gasteiger partial charge in [0.25, 0.3) is 0 Å². The summed E-state index contributed by atoms with van der Waals surface area (Å²) in [5.74, 6) is -1.06. The minimum absolute atomic E-state index is 0.160. The first-order valence-corrected chi connectivity index (χ1v) is 6.09. The molecule has 1 aliphatic rings. The Labute approximate surface area is 111 Å². The van der Waals surface area contributed by atoms with E-state index in [9.17, 15) is 4.79 Å². The van der Waals surface area contributed by atoms with Gasteiger partial charge in [-0.3, -0.25) is 0 Å². The summed E-state index contributed by atoms with van der Waals surface area (Å²) < 4.78 is 16.1. The maximum atomic E-state index is 11.8. The van der Waals surface area contributed by atoms with E-state index in [1.54, 1.807) is 24.3 Å². The lowest BCUT2D eigenvalue weighted by atomic mass is 10.2. The van der Waals surface area contributed by atoms with Crippen LogP contribution < -0.4 is 0 Å². The van der Waals surface area contributed by atoms with Gasteiger partial charge in [-0.25, -0.2) is 4.79 Å². The quantitative estimate of drug-likeness (QED) is 0.792. The van der Waals surface area contributed by atoms with E-state index in [2.05, 4.69) is 0 Å². The Morgan fingerprint density at radius 3 is 2.83 bits per heavy atom. The average molecular weight is 271 g/mol. The molecule has 1 unspecified atom stereocenters. The van der Waals surface area contributed by atoms with Crippen LogP contribution in [0, 0.1) is 0 Å². The second-order valence-corrected chi connectivity index (χ2v) is 4.94. The first-order valence-electron chi connectivity index (χ1n) is 5.71. The number of ether oxygens (including phenoxy) is 3. The highest BCUT2D eigenvalue weighted by molar-refractivity contribution is 6.33. The minimum Gasteiger partial charge on any atom is -0.459 e. The molecule has 0 aliphatic carbocycles. The maximum Gasteiger partial charge on any atom is 0.339 e. The van der Waals surface area contributed by atoms with Crippen molar-refractivity contribution in [3.63, 3.8) is 0 Å². The zero-order valence-corrected chi connectivity index (χ0v) is 11.1. The summed E-state index contributed by atoms with van der Waals surface area (Å²) >= 11 is 5.90. The standard InChI is InChI=1S/C13H15ClO4/c1-13(2)17-8-9(18-13)7-16-12(15)10-5-3-4-6-11(10)14/h3-6,9H,7-8H2,1-2H3. The number of esters is 1. The van der Waals surface area contributed by atoms with Crippen LogP contribution in [0.2, 0.25) is 5.02 Å². The highest BCUT2D eigenvalue weighted by Crippen LogP contribution is 2.23. The van der Waals surface area contributed by atoms with Gasteiger partial charge in [-0.05, 0) is 26.0 Å². The van der Waals surface area contributed by atoms with Crippen LogP contribution in [0.1, 0.15) is 24.2 Å². The Morgan fingerprint density at radius 2 is 2.22 bits per heavy atom. The van der Waals surface area contributed by atoms with Gasteiger partial charge in [-0.2, -0.15) is 0 Å².